The van der Waals surface area contributed by atoms with Gasteiger partial charge in [-0.15, -0.1) is 12.4 Å². The van der Waals surface area contributed by atoms with Crippen molar-refractivity contribution < 1.29 is 13.2 Å². The van der Waals surface area contributed by atoms with E-state index in [1.54, 1.807) is 0 Å². The van der Waals surface area contributed by atoms with E-state index < -0.39 is 10.0 Å². The number of amides is 1. The van der Waals surface area contributed by atoms with E-state index in [2.05, 4.69) is 10.0 Å². The molecule has 0 radical (unpaired) electrons. The van der Waals surface area contributed by atoms with E-state index in [1.165, 1.54) is 0 Å². The lowest BCUT2D eigenvalue weighted by Crippen LogP contribution is -2.36. The lowest BCUT2D eigenvalue weighted by molar-refractivity contribution is -0.121. The lowest BCUT2D eigenvalue weighted by atomic mass is 10.00. The molecule has 0 saturated heterocycles. The summed E-state index contributed by atoms with van der Waals surface area (Å²) in [5, 5.41) is 2.67. The molecule has 1 aliphatic rings. The molecule has 2 atom stereocenters. The van der Waals surface area contributed by atoms with Gasteiger partial charge < -0.3 is 11.1 Å². The number of rotatable bonds is 8. The fraction of sp³-hybridized carbons (Fsp3) is 0.562. The van der Waals surface area contributed by atoms with Crippen LogP contribution in [0.2, 0.25) is 0 Å². The quantitative estimate of drug-likeness (QED) is 0.634. The van der Waals surface area contributed by atoms with Crippen molar-refractivity contribution in [1.82, 2.24) is 10.0 Å². The molecule has 2 rings (SSSR count). The topological polar surface area (TPSA) is 101 Å². The third kappa shape index (κ3) is 7.17. The van der Waals surface area contributed by atoms with Gasteiger partial charge in [-0.2, -0.15) is 0 Å². The zero-order chi connectivity index (χ0) is 16.7. The number of halogens is 1. The third-order valence-electron chi connectivity index (χ3n) is 4.20. The molecule has 8 heteroatoms. The van der Waals surface area contributed by atoms with Crippen LogP contribution < -0.4 is 15.8 Å². The molecule has 6 nitrogen and oxygen atoms in total. The van der Waals surface area contributed by atoms with Crippen molar-refractivity contribution in [2.24, 2.45) is 11.7 Å². The van der Waals surface area contributed by atoms with Crippen molar-refractivity contribution in [2.75, 3.05) is 12.3 Å². The van der Waals surface area contributed by atoms with Gasteiger partial charge in [0.05, 0.1) is 5.75 Å². The standard InChI is InChI=1S/C16H25N3O3S.ClH/c17-15-8-4-7-14(15)11-16(20)18-9-10-23(21,22)19-12-13-5-2-1-3-6-13;/h1-3,5-6,14-15,19H,4,7-12,17H2,(H,18,20);1H/t14-,15+;/m0./s1. The maximum atomic E-state index is 11.9. The Hall–Kier alpha value is -1.15. The van der Waals surface area contributed by atoms with Gasteiger partial charge in [-0.25, -0.2) is 13.1 Å². The highest BCUT2D eigenvalue weighted by molar-refractivity contribution is 7.89. The van der Waals surface area contributed by atoms with Gasteiger partial charge in [0.2, 0.25) is 15.9 Å². The van der Waals surface area contributed by atoms with Gasteiger partial charge in [0.25, 0.3) is 0 Å². The van der Waals surface area contributed by atoms with Gasteiger partial charge in [0.1, 0.15) is 0 Å². The van der Waals surface area contributed by atoms with Crippen LogP contribution in [0.3, 0.4) is 0 Å². The fourth-order valence-electron chi connectivity index (χ4n) is 2.82. The van der Waals surface area contributed by atoms with Crippen molar-refractivity contribution in [3.05, 3.63) is 35.9 Å². The third-order valence-corrected chi connectivity index (χ3v) is 5.52. The predicted octanol–water partition coefficient (Wildman–Crippen LogP) is 1.16. The minimum atomic E-state index is -3.40. The minimum absolute atomic E-state index is 0. The first-order valence-electron chi connectivity index (χ1n) is 8.00. The number of nitrogens with one attached hydrogen (secondary N) is 2. The van der Waals surface area contributed by atoms with E-state index in [0.29, 0.717) is 6.42 Å². The maximum Gasteiger partial charge on any atom is 0.220 e. The minimum Gasteiger partial charge on any atom is -0.355 e. The average molecular weight is 376 g/mol. The Labute approximate surface area is 150 Å². The van der Waals surface area contributed by atoms with Crippen LogP contribution >= 0.6 is 12.4 Å². The van der Waals surface area contributed by atoms with E-state index in [0.717, 1.165) is 24.8 Å². The van der Waals surface area contributed by atoms with Crippen LogP contribution in [0.1, 0.15) is 31.2 Å². The molecule has 1 aliphatic carbocycles. The average Bonchev–Trinajstić information content (AvgIpc) is 2.91. The van der Waals surface area contributed by atoms with Gasteiger partial charge in [0.15, 0.2) is 0 Å². The Balaban J connectivity index is 0.00000288. The van der Waals surface area contributed by atoms with E-state index in [9.17, 15) is 13.2 Å². The summed E-state index contributed by atoms with van der Waals surface area (Å²) in [4.78, 5) is 11.8. The van der Waals surface area contributed by atoms with Crippen LogP contribution in [0.15, 0.2) is 30.3 Å². The molecule has 1 amide bonds. The zero-order valence-electron chi connectivity index (χ0n) is 13.6. The number of nitrogens with two attached hydrogens (primary N) is 1. The van der Waals surface area contributed by atoms with Crippen LogP contribution in [-0.4, -0.2) is 32.7 Å². The van der Waals surface area contributed by atoms with Crippen molar-refractivity contribution in [2.45, 2.75) is 38.3 Å². The SMILES string of the molecule is Cl.N[C@@H]1CCC[C@H]1CC(=O)NCCS(=O)(=O)NCc1ccccc1. The molecule has 1 fully saturated rings. The van der Waals surface area contributed by atoms with Crippen molar-refractivity contribution >= 4 is 28.3 Å². The van der Waals surface area contributed by atoms with Gasteiger partial charge in [-0.3, -0.25) is 4.79 Å². The van der Waals surface area contributed by atoms with E-state index in [1.807, 2.05) is 30.3 Å². The molecule has 1 aromatic carbocycles. The number of sulfonamides is 1. The van der Waals surface area contributed by atoms with E-state index in [4.69, 9.17) is 5.73 Å². The summed E-state index contributed by atoms with van der Waals surface area (Å²) in [6.07, 6.45) is 3.40. The summed E-state index contributed by atoms with van der Waals surface area (Å²) >= 11 is 0. The highest BCUT2D eigenvalue weighted by atomic mass is 35.5. The number of benzene rings is 1. The number of hydrogen-bond donors (Lipinski definition) is 3. The van der Waals surface area contributed by atoms with Gasteiger partial charge in [0, 0.05) is 25.6 Å². The predicted molar refractivity (Wildman–Crippen MR) is 97.3 cm³/mol. The first-order chi connectivity index (χ1) is 11.0. The molecule has 1 aromatic rings. The Morgan fingerprint density at radius 2 is 1.92 bits per heavy atom. The maximum absolute atomic E-state index is 11.9. The Kier molecular flexibility index (Phi) is 8.69. The Bertz CT molecular complexity index is 610. The summed E-state index contributed by atoms with van der Waals surface area (Å²) < 4.78 is 26.3. The molecule has 0 unspecified atom stereocenters. The zero-order valence-corrected chi connectivity index (χ0v) is 15.2. The summed E-state index contributed by atoms with van der Waals surface area (Å²) in [5.74, 6) is -0.0177. The smallest absolute Gasteiger partial charge is 0.220 e. The van der Waals surface area contributed by atoms with Crippen molar-refractivity contribution in [3.63, 3.8) is 0 Å². The van der Waals surface area contributed by atoms with Gasteiger partial charge >= 0.3 is 0 Å². The first kappa shape index (κ1) is 20.9. The van der Waals surface area contributed by atoms with E-state index >= 15 is 0 Å². The molecule has 136 valence electrons. The summed E-state index contributed by atoms with van der Waals surface area (Å²) in [7, 11) is -3.40. The van der Waals surface area contributed by atoms with Crippen LogP contribution in [0.5, 0.6) is 0 Å². The first-order valence-corrected chi connectivity index (χ1v) is 9.65. The van der Waals surface area contributed by atoms with Crippen LogP contribution in [0, 0.1) is 5.92 Å². The highest BCUT2D eigenvalue weighted by Gasteiger charge is 2.25. The monoisotopic (exact) mass is 375 g/mol. The lowest BCUT2D eigenvalue weighted by Gasteiger charge is -2.14. The summed E-state index contributed by atoms with van der Waals surface area (Å²) in [6, 6.07) is 9.40. The fourth-order valence-corrected chi connectivity index (χ4v) is 3.72. The number of carbonyl (C=O) groups is 1. The second-order valence-electron chi connectivity index (χ2n) is 6.03. The molecule has 0 aliphatic heterocycles. The molecule has 0 spiro atoms. The Morgan fingerprint density at radius 1 is 1.21 bits per heavy atom. The highest BCUT2D eigenvalue weighted by Crippen LogP contribution is 2.26. The van der Waals surface area contributed by atoms with Crippen LogP contribution in [-0.2, 0) is 21.4 Å². The molecule has 24 heavy (non-hydrogen) atoms. The summed E-state index contributed by atoms with van der Waals surface area (Å²) in [6.45, 7) is 0.374. The molecule has 4 N–H and O–H groups in total. The molecular formula is C16H26ClN3O3S. The van der Waals surface area contributed by atoms with E-state index in [-0.39, 0.29) is 49.1 Å². The normalized spacial score (nSPS) is 20.4. The van der Waals surface area contributed by atoms with Gasteiger partial charge in [-0.1, -0.05) is 36.8 Å². The molecule has 0 aromatic heterocycles. The Morgan fingerprint density at radius 3 is 2.54 bits per heavy atom. The largest absolute Gasteiger partial charge is 0.355 e. The molecule has 0 heterocycles. The van der Waals surface area contributed by atoms with Gasteiger partial charge in [-0.05, 0) is 24.3 Å². The molecule has 0 bridgehead atoms. The number of hydrogen-bond acceptors (Lipinski definition) is 4. The number of carbonyl (C=O) groups excluding carboxylic acids is 1. The van der Waals surface area contributed by atoms with Crippen LogP contribution in [0.25, 0.3) is 0 Å². The molecule has 1 saturated carbocycles. The summed E-state index contributed by atoms with van der Waals surface area (Å²) in [5.41, 5.74) is 6.83. The van der Waals surface area contributed by atoms with Crippen LogP contribution in [0.4, 0.5) is 0 Å². The van der Waals surface area contributed by atoms with Crippen molar-refractivity contribution in [1.29, 1.82) is 0 Å². The second kappa shape index (κ2) is 9.98. The molecular weight excluding hydrogens is 350 g/mol. The second-order valence-corrected chi connectivity index (χ2v) is 7.96. The van der Waals surface area contributed by atoms with Crippen molar-refractivity contribution in [3.8, 4) is 0 Å².